The number of nitrogens with zero attached hydrogens (tertiary/aromatic N) is 1. The molecule has 172 valence electrons. The lowest BCUT2D eigenvalue weighted by Gasteiger charge is -2.16. The zero-order valence-electron chi connectivity index (χ0n) is 17.4. The van der Waals surface area contributed by atoms with Gasteiger partial charge in [0.1, 0.15) is 5.75 Å². The Bertz CT molecular complexity index is 983. The fourth-order valence-corrected chi connectivity index (χ4v) is 2.83. The summed E-state index contributed by atoms with van der Waals surface area (Å²) in [5.74, 6) is -1.66. The van der Waals surface area contributed by atoms with E-state index in [1.807, 2.05) is 6.92 Å². The minimum absolute atomic E-state index is 0.0175. The number of nitrogens with one attached hydrogen (secondary N) is 2. The zero-order chi connectivity index (χ0) is 23.7. The van der Waals surface area contributed by atoms with E-state index >= 15 is 0 Å². The number of rotatable bonds is 8. The highest BCUT2D eigenvalue weighted by molar-refractivity contribution is 7.80. The monoisotopic (exact) mass is 469 g/mol. The first-order valence-electron chi connectivity index (χ1n) is 9.65. The van der Waals surface area contributed by atoms with Gasteiger partial charge in [-0.15, -0.1) is 0 Å². The molecule has 0 aliphatic rings. The zero-order valence-corrected chi connectivity index (χ0v) is 18.2. The van der Waals surface area contributed by atoms with E-state index in [0.717, 1.165) is 18.9 Å². The second-order valence-corrected chi connectivity index (χ2v) is 7.03. The van der Waals surface area contributed by atoms with E-state index in [9.17, 15) is 22.8 Å². The number of carbonyl (C=O) groups excluding carboxylic acids is 2. The average Bonchev–Trinajstić information content (AvgIpc) is 2.76. The Balaban J connectivity index is 2.09. The second-order valence-electron chi connectivity index (χ2n) is 6.63. The molecule has 7 nitrogen and oxygen atoms in total. The molecular formula is C21H22F3N3O4S. The average molecular weight is 469 g/mol. The number of alkyl halides is 3. The predicted octanol–water partition coefficient (Wildman–Crippen LogP) is 4.58. The van der Waals surface area contributed by atoms with Crippen LogP contribution in [0, 0.1) is 0 Å². The lowest BCUT2D eigenvalue weighted by atomic mass is 10.1. The molecule has 0 saturated carbocycles. The molecule has 0 spiro atoms. The van der Waals surface area contributed by atoms with Gasteiger partial charge in [-0.3, -0.25) is 15.1 Å². The van der Waals surface area contributed by atoms with E-state index < -0.39 is 23.6 Å². The van der Waals surface area contributed by atoms with Gasteiger partial charge in [-0.1, -0.05) is 19.8 Å². The van der Waals surface area contributed by atoms with Gasteiger partial charge in [0.2, 0.25) is 0 Å². The van der Waals surface area contributed by atoms with Gasteiger partial charge in [0.15, 0.2) is 5.11 Å². The highest BCUT2D eigenvalue weighted by Crippen LogP contribution is 2.38. The molecule has 2 N–H and O–H groups in total. The van der Waals surface area contributed by atoms with Gasteiger partial charge in [0.05, 0.1) is 30.4 Å². The van der Waals surface area contributed by atoms with Crippen molar-refractivity contribution < 1.29 is 32.2 Å². The van der Waals surface area contributed by atoms with Gasteiger partial charge in [-0.05, 0) is 42.9 Å². The Hall–Kier alpha value is -3.21. The van der Waals surface area contributed by atoms with Crippen molar-refractivity contribution in [1.82, 2.24) is 10.3 Å². The molecule has 0 aliphatic carbocycles. The minimum Gasteiger partial charge on any atom is -0.493 e. The smallest absolute Gasteiger partial charge is 0.420 e. The highest BCUT2D eigenvalue weighted by atomic mass is 32.1. The number of thiocarbonyl (C=S) groups is 1. The van der Waals surface area contributed by atoms with Crippen molar-refractivity contribution in [3.05, 3.63) is 53.3 Å². The number of amides is 1. The molecule has 1 amide bonds. The summed E-state index contributed by atoms with van der Waals surface area (Å²) >= 11 is 5.02. The quantitative estimate of drug-likeness (QED) is 0.332. The molecular weight excluding hydrogens is 447 g/mol. The van der Waals surface area contributed by atoms with Crippen molar-refractivity contribution in [2.75, 3.05) is 19.0 Å². The summed E-state index contributed by atoms with van der Waals surface area (Å²) in [6.07, 6.45) is 0.219. The topological polar surface area (TPSA) is 89.5 Å². The Morgan fingerprint density at radius 3 is 2.50 bits per heavy atom. The lowest BCUT2D eigenvalue weighted by molar-refractivity contribution is -0.138. The molecule has 0 unspecified atom stereocenters. The molecule has 0 saturated heterocycles. The first kappa shape index (κ1) is 25.1. The highest BCUT2D eigenvalue weighted by Gasteiger charge is 2.34. The molecule has 1 aromatic heterocycles. The van der Waals surface area contributed by atoms with E-state index in [1.54, 1.807) is 0 Å². The summed E-state index contributed by atoms with van der Waals surface area (Å²) in [5.41, 5.74) is -0.861. The van der Waals surface area contributed by atoms with Crippen LogP contribution >= 0.6 is 12.2 Å². The second kappa shape index (κ2) is 11.4. The molecule has 11 heteroatoms. The van der Waals surface area contributed by atoms with Crippen LogP contribution in [0.3, 0.4) is 0 Å². The molecule has 2 aromatic rings. The van der Waals surface area contributed by atoms with Crippen molar-refractivity contribution in [1.29, 1.82) is 0 Å². The van der Waals surface area contributed by atoms with Crippen molar-refractivity contribution >= 4 is 34.9 Å². The summed E-state index contributed by atoms with van der Waals surface area (Å²) in [5, 5.41) is 4.63. The summed E-state index contributed by atoms with van der Waals surface area (Å²) < 4.78 is 50.2. The van der Waals surface area contributed by atoms with E-state index in [0.29, 0.717) is 6.42 Å². The van der Waals surface area contributed by atoms with Crippen molar-refractivity contribution in [2.24, 2.45) is 0 Å². The number of unbranched alkanes of at least 4 members (excludes halogenated alkanes) is 2. The standard InChI is InChI=1S/C21H22F3N3O4S/c1-3-4-5-8-31-17-7-6-15(10-16(17)21(22,23)24)26-20(32)27-18(28)13-9-14(12-25-11-13)19(29)30-2/h6-7,9-12H,3-5,8H2,1-2H3,(H2,26,27,28,32). The number of halogens is 3. The number of methoxy groups -OCH3 is 1. The van der Waals surface area contributed by atoms with Crippen LogP contribution in [-0.2, 0) is 10.9 Å². The fourth-order valence-electron chi connectivity index (χ4n) is 2.62. The van der Waals surface area contributed by atoms with Crippen LogP contribution in [-0.4, -0.2) is 35.7 Å². The Morgan fingerprint density at radius 2 is 1.84 bits per heavy atom. The SMILES string of the molecule is CCCCCOc1ccc(NC(=S)NC(=O)c2cncc(C(=O)OC)c2)cc1C(F)(F)F. The summed E-state index contributed by atoms with van der Waals surface area (Å²) in [4.78, 5) is 27.7. The number of hydrogen-bond acceptors (Lipinski definition) is 6. The largest absolute Gasteiger partial charge is 0.493 e. The predicted molar refractivity (Wildman–Crippen MR) is 116 cm³/mol. The number of hydrogen-bond donors (Lipinski definition) is 2. The number of benzene rings is 1. The maximum atomic E-state index is 13.4. The van der Waals surface area contributed by atoms with Crippen LogP contribution in [0.4, 0.5) is 18.9 Å². The molecule has 2 rings (SSSR count). The third-order valence-electron chi connectivity index (χ3n) is 4.20. The van der Waals surface area contributed by atoms with Crippen LogP contribution in [0.15, 0.2) is 36.7 Å². The fraction of sp³-hybridized carbons (Fsp3) is 0.333. The third kappa shape index (κ3) is 7.19. The normalized spacial score (nSPS) is 10.9. The van der Waals surface area contributed by atoms with Crippen LogP contribution in [0.1, 0.15) is 52.5 Å². The van der Waals surface area contributed by atoms with E-state index in [2.05, 4.69) is 20.4 Å². The summed E-state index contributed by atoms with van der Waals surface area (Å²) in [6.45, 7) is 2.16. The van der Waals surface area contributed by atoms with Crippen molar-refractivity contribution in [3.8, 4) is 5.75 Å². The number of esters is 1. The minimum atomic E-state index is -4.64. The summed E-state index contributed by atoms with van der Waals surface area (Å²) in [7, 11) is 1.19. The molecule has 0 aliphatic heterocycles. The van der Waals surface area contributed by atoms with Crippen LogP contribution in [0.5, 0.6) is 5.75 Å². The maximum absolute atomic E-state index is 13.4. The number of carbonyl (C=O) groups is 2. The summed E-state index contributed by atoms with van der Waals surface area (Å²) in [6, 6.07) is 4.67. The van der Waals surface area contributed by atoms with E-state index in [4.69, 9.17) is 17.0 Å². The Kier molecular flexibility index (Phi) is 8.94. The van der Waals surface area contributed by atoms with Gasteiger partial charge in [-0.2, -0.15) is 13.2 Å². The van der Waals surface area contributed by atoms with Gasteiger partial charge in [0.25, 0.3) is 5.91 Å². The van der Waals surface area contributed by atoms with Gasteiger partial charge >= 0.3 is 12.1 Å². The molecule has 0 radical (unpaired) electrons. The molecule has 32 heavy (non-hydrogen) atoms. The molecule has 0 bridgehead atoms. The molecule has 0 fully saturated rings. The number of anilines is 1. The molecule has 0 atom stereocenters. The van der Waals surface area contributed by atoms with E-state index in [1.165, 1.54) is 37.7 Å². The van der Waals surface area contributed by atoms with Crippen LogP contribution in [0.25, 0.3) is 0 Å². The maximum Gasteiger partial charge on any atom is 0.420 e. The molecule has 1 aromatic carbocycles. The first-order valence-corrected chi connectivity index (χ1v) is 10.1. The van der Waals surface area contributed by atoms with Crippen molar-refractivity contribution in [2.45, 2.75) is 32.4 Å². The van der Waals surface area contributed by atoms with Gasteiger partial charge < -0.3 is 14.8 Å². The Morgan fingerprint density at radius 1 is 1.12 bits per heavy atom. The van der Waals surface area contributed by atoms with Gasteiger partial charge in [-0.25, -0.2) is 4.79 Å². The number of aromatic nitrogens is 1. The first-order chi connectivity index (χ1) is 15.2. The number of pyridine rings is 1. The van der Waals surface area contributed by atoms with E-state index in [-0.39, 0.29) is 34.3 Å². The molecule has 1 heterocycles. The third-order valence-corrected chi connectivity index (χ3v) is 4.40. The van der Waals surface area contributed by atoms with Crippen LogP contribution < -0.4 is 15.4 Å². The van der Waals surface area contributed by atoms with Crippen LogP contribution in [0.2, 0.25) is 0 Å². The van der Waals surface area contributed by atoms with Crippen molar-refractivity contribution in [3.63, 3.8) is 0 Å². The Labute approximate surface area is 188 Å². The lowest BCUT2D eigenvalue weighted by Crippen LogP contribution is -2.34. The van der Waals surface area contributed by atoms with Gasteiger partial charge in [0, 0.05) is 18.1 Å². The number of ether oxygens (including phenoxy) is 2.